The number of halogens is 2. The smallest absolute Gasteiger partial charge is 0.228 e. The average molecular weight is 275 g/mol. The Morgan fingerprint density at radius 1 is 1.00 bits per heavy atom. The van der Waals surface area contributed by atoms with Gasteiger partial charge in [0.25, 0.3) is 0 Å². The molecule has 1 N–H and O–H groups in total. The maximum Gasteiger partial charge on any atom is 0.228 e. The molecule has 2 rings (SSSR count). The lowest BCUT2D eigenvalue weighted by Crippen LogP contribution is -2.14. The molecule has 20 heavy (non-hydrogen) atoms. The quantitative estimate of drug-likeness (QED) is 0.905. The first-order chi connectivity index (χ1) is 9.58. The average Bonchev–Trinajstić information content (AvgIpc) is 2.44. The van der Waals surface area contributed by atoms with E-state index in [0.29, 0.717) is 0 Å². The van der Waals surface area contributed by atoms with Crippen molar-refractivity contribution in [3.05, 3.63) is 65.2 Å². The van der Waals surface area contributed by atoms with E-state index in [2.05, 4.69) is 12.2 Å². The van der Waals surface area contributed by atoms with Gasteiger partial charge in [-0.2, -0.15) is 0 Å². The molecule has 0 aliphatic carbocycles. The third-order valence-corrected chi connectivity index (χ3v) is 3.00. The Morgan fingerprint density at radius 2 is 1.65 bits per heavy atom. The molecule has 0 aliphatic rings. The highest BCUT2D eigenvalue weighted by Gasteiger charge is 2.07. The minimum Gasteiger partial charge on any atom is -0.326 e. The molecular weight excluding hydrogens is 260 g/mol. The molecule has 0 radical (unpaired) electrons. The van der Waals surface area contributed by atoms with E-state index in [-0.39, 0.29) is 18.0 Å². The topological polar surface area (TPSA) is 29.1 Å². The van der Waals surface area contributed by atoms with Crippen LogP contribution in [0.4, 0.5) is 14.5 Å². The van der Waals surface area contributed by atoms with E-state index in [4.69, 9.17) is 0 Å². The number of benzene rings is 2. The molecule has 0 saturated heterocycles. The van der Waals surface area contributed by atoms with Crippen molar-refractivity contribution < 1.29 is 13.6 Å². The Labute approximate surface area is 116 Å². The van der Waals surface area contributed by atoms with Crippen LogP contribution in [0.1, 0.15) is 18.1 Å². The monoisotopic (exact) mass is 275 g/mol. The van der Waals surface area contributed by atoms with E-state index in [1.54, 1.807) is 0 Å². The first kappa shape index (κ1) is 14.2. The van der Waals surface area contributed by atoms with Gasteiger partial charge < -0.3 is 5.32 Å². The van der Waals surface area contributed by atoms with Crippen LogP contribution in [0, 0.1) is 11.6 Å². The molecule has 104 valence electrons. The fourth-order valence-corrected chi connectivity index (χ4v) is 1.86. The summed E-state index contributed by atoms with van der Waals surface area (Å²) < 4.78 is 25.8. The Bertz CT molecular complexity index is 608. The molecule has 0 unspecified atom stereocenters. The summed E-state index contributed by atoms with van der Waals surface area (Å²) in [6.45, 7) is 2.06. The van der Waals surface area contributed by atoms with Crippen LogP contribution < -0.4 is 5.32 Å². The van der Waals surface area contributed by atoms with Crippen molar-refractivity contribution in [1.29, 1.82) is 0 Å². The van der Waals surface area contributed by atoms with Gasteiger partial charge in [0.2, 0.25) is 5.91 Å². The number of amides is 1. The van der Waals surface area contributed by atoms with Gasteiger partial charge in [-0.15, -0.1) is 0 Å². The van der Waals surface area contributed by atoms with E-state index < -0.39 is 11.6 Å². The van der Waals surface area contributed by atoms with Crippen LogP contribution in [-0.4, -0.2) is 5.91 Å². The first-order valence-corrected chi connectivity index (χ1v) is 6.41. The fourth-order valence-electron chi connectivity index (χ4n) is 1.86. The first-order valence-electron chi connectivity index (χ1n) is 6.41. The van der Waals surface area contributed by atoms with E-state index in [1.165, 1.54) is 11.6 Å². The molecule has 0 fully saturated rings. The van der Waals surface area contributed by atoms with Crippen LogP contribution in [0.5, 0.6) is 0 Å². The molecule has 0 atom stereocenters. The minimum atomic E-state index is -0.977. The van der Waals surface area contributed by atoms with E-state index in [9.17, 15) is 13.6 Å². The Balaban J connectivity index is 1.99. The second-order valence-electron chi connectivity index (χ2n) is 4.52. The molecule has 0 aliphatic heterocycles. The molecule has 0 heterocycles. The van der Waals surface area contributed by atoms with Crippen molar-refractivity contribution >= 4 is 11.6 Å². The highest BCUT2D eigenvalue weighted by atomic mass is 19.2. The molecule has 2 nitrogen and oxygen atoms in total. The number of carbonyl (C=O) groups is 1. The van der Waals surface area contributed by atoms with Gasteiger partial charge in [-0.25, -0.2) is 8.78 Å². The Kier molecular flexibility index (Phi) is 4.45. The molecule has 2 aromatic carbocycles. The van der Waals surface area contributed by atoms with Gasteiger partial charge in [-0.3, -0.25) is 4.79 Å². The van der Waals surface area contributed by atoms with Crippen LogP contribution >= 0.6 is 0 Å². The fraction of sp³-hybridized carbons (Fsp3) is 0.188. The number of hydrogen-bond acceptors (Lipinski definition) is 1. The van der Waals surface area contributed by atoms with Crippen LogP contribution in [0.25, 0.3) is 0 Å². The number of hydrogen-bond donors (Lipinski definition) is 1. The predicted octanol–water partition coefficient (Wildman–Crippen LogP) is 3.71. The zero-order valence-corrected chi connectivity index (χ0v) is 11.1. The largest absolute Gasteiger partial charge is 0.326 e. The summed E-state index contributed by atoms with van der Waals surface area (Å²) in [6, 6.07) is 11.0. The standard InChI is InChI=1S/C16H15F2NO/c1-2-11-3-5-12(6-4-11)9-16(20)19-13-7-8-14(17)15(18)10-13/h3-8,10H,2,9H2,1H3,(H,19,20). The van der Waals surface area contributed by atoms with Gasteiger partial charge in [0, 0.05) is 11.8 Å². The minimum absolute atomic E-state index is 0.197. The number of carbonyl (C=O) groups excluding carboxylic acids is 1. The summed E-state index contributed by atoms with van der Waals surface area (Å²) >= 11 is 0. The van der Waals surface area contributed by atoms with Crippen LogP contribution in [-0.2, 0) is 17.6 Å². The molecule has 0 aromatic heterocycles. The maximum atomic E-state index is 13.0. The van der Waals surface area contributed by atoms with Crippen LogP contribution in [0.15, 0.2) is 42.5 Å². The summed E-state index contributed by atoms with van der Waals surface area (Å²) in [4.78, 5) is 11.8. The lowest BCUT2D eigenvalue weighted by molar-refractivity contribution is -0.115. The van der Waals surface area contributed by atoms with Crippen LogP contribution in [0.2, 0.25) is 0 Å². The predicted molar refractivity (Wildman–Crippen MR) is 74.5 cm³/mol. The van der Waals surface area contributed by atoms with E-state index in [1.807, 2.05) is 24.3 Å². The molecular formula is C16H15F2NO. The van der Waals surface area contributed by atoms with Gasteiger partial charge in [-0.05, 0) is 29.7 Å². The molecule has 1 amide bonds. The number of anilines is 1. The van der Waals surface area contributed by atoms with Gasteiger partial charge in [0.05, 0.1) is 6.42 Å². The highest BCUT2D eigenvalue weighted by molar-refractivity contribution is 5.92. The maximum absolute atomic E-state index is 13.0. The van der Waals surface area contributed by atoms with Crippen molar-refractivity contribution in [3.8, 4) is 0 Å². The molecule has 0 spiro atoms. The Morgan fingerprint density at radius 3 is 2.25 bits per heavy atom. The van der Waals surface area contributed by atoms with E-state index >= 15 is 0 Å². The van der Waals surface area contributed by atoms with Crippen molar-refractivity contribution in [2.24, 2.45) is 0 Å². The van der Waals surface area contributed by atoms with Gasteiger partial charge in [0.1, 0.15) is 0 Å². The summed E-state index contributed by atoms with van der Waals surface area (Å²) in [6.07, 6.45) is 1.14. The zero-order chi connectivity index (χ0) is 14.5. The molecule has 2 aromatic rings. The number of rotatable bonds is 4. The van der Waals surface area contributed by atoms with Crippen molar-refractivity contribution in [3.63, 3.8) is 0 Å². The molecule has 0 saturated carbocycles. The van der Waals surface area contributed by atoms with Crippen molar-refractivity contribution in [2.45, 2.75) is 19.8 Å². The molecule has 4 heteroatoms. The third-order valence-electron chi connectivity index (χ3n) is 3.00. The van der Waals surface area contributed by atoms with Gasteiger partial charge >= 0.3 is 0 Å². The summed E-state index contributed by atoms with van der Waals surface area (Å²) in [5.74, 6) is -2.17. The summed E-state index contributed by atoms with van der Waals surface area (Å²) in [5.41, 5.74) is 2.33. The van der Waals surface area contributed by atoms with Crippen molar-refractivity contribution in [1.82, 2.24) is 0 Å². The summed E-state index contributed by atoms with van der Waals surface area (Å²) in [7, 11) is 0. The highest BCUT2D eigenvalue weighted by Crippen LogP contribution is 2.14. The van der Waals surface area contributed by atoms with Crippen LogP contribution in [0.3, 0.4) is 0 Å². The Hall–Kier alpha value is -2.23. The molecule has 0 bridgehead atoms. The zero-order valence-electron chi connectivity index (χ0n) is 11.1. The number of aryl methyl sites for hydroxylation is 1. The van der Waals surface area contributed by atoms with Gasteiger partial charge in [0.15, 0.2) is 11.6 Å². The van der Waals surface area contributed by atoms with E-state index in [0.717, 1.165) is 24.1 Å². The lowest BCUT2D eigenvalue weighted by atomic mass is 10.1. The summed E-state index contributed by atoms with van der Waals surface area (Å²) in [5, 5.41) is 2.54. The van der Waals surface area contributed by atoms with Gasteiger partial charge in [-0.1, -0.05) is 31.2 Å². The van der Waals surface area contributed by atoms with Crippen molar-refractivity contribution in [2.75, 3.05) is 5.32 Å². The second-order valence-corrected chi connectivity index (χ2v) is 4.52. The SMILES string of the molecule is CCc1ccc(CC(=O)Nc2ccc(F)c(F)c2)cc1. The normalized spacial score (nSPS) is 10.3. The second kappa shape index (κ2) is 6.28. The lowest BCUT2D eigenvalue weighted by Gasteiger charge is -2.06. The number of nitrogens with one attached hydrogen (secondary N) is 1. The third kappa shape index (κ3) is 3.63.